The highest BCUT2D eigenvalue weighted by Crippen LogP contribution is 2.29. The van der Waals surface area contributed by atoms with Gasteiger partial charge in [-0.05, 0) is 30.3 Å². The number of aromatic nitrogens is 5. The molecule has 0 saturated heterocycles. The minimum absolute atomic E-state index is 0.150. The van der Waals surface area contributed by atoms with Crippen molar-refractivity contribution in [1.29, 1.82) is 10.8 Å². The summed E-state index contributed by atoms with van der Waals surface area (Å²) in [5.74, 6) is 0.846. The van der Waals surface area contributed by atoms with Gasteiger partial charge in [0.1, 0.15) is 11.5 Å². The molecule has 4 rings (SSSR count). The van der Waals surface area contributed by atoms with Crippen LogP contribution in [0.15, 0.2) is 48.9 Å². The van der Waals surface area contributed by atoms with Gasteiger partial charge in [-0.15, -0.1) is 0 Å². The van der Waals surface area contributed by atoms with E-state index >= 15 is 0 Å². The average Bonchev–Trinajstić information content (AvgIpc) is 2.78. The van der Waals surface area contributed by atoms with Gasteiger partial charge in [0, 0.05) is 29.2 Å². The van der Waals surface area contributed by atoms with Gasteiger partial charge in [0.05, 0.1) is 29.9 Å². The number of benzene rings is 1. The molecule has 0 unspecified atom stereocenters. The first kappa shape index (κ1) is 20.5. The van der Waals surface area contributed by atoms with Gasteiger partial charge in [-0.2, -0.15) is 4.98 Å². The van der Waals surface area contributed by atoms with Crippen molar-refractivity contribution in [2.24, 2.45) is 0 Å². The van der Waals surface area contributed by atoms with Gasteiger partial charge in [-0.25, -0.2) is 13.8 Å². The van der Waals surface area contributed by atoms with Gasteiger partial charge in [-0.1, -0.05) is 11.6 Å². The third-order valence-corrected chi connectivity index (χ3v) is 4.85. The second-order valence-electron chi connectivity index (χ2n) is 6.51. The van der Waals surface area contributed by atoms with Crippen molar-refractivity contribution in [2.75, 3.05) is 11.9 Å². The van der Waals surface area contributed by atoms with Crippen molar-refractivity contribution in [3.05, 3.63) is 65.3 Å². The molecular weight excluding hydrogens is 426 g/mol. The van der Waals surface area contributed by atoms with Gasteiger partial charge in [0.2, 0.25) is 5.62 Å². The van der Waals surface area contributed by atoms with Gasteiger partial charge in [0.25, 0.3) is 6.43 Å². The highest BCUT2D eigenvalue weighted by atomic mass is 35.5. The largest absolute Gasteiger partial charge is 0.312 e. The summed E-state index contributed by atoms with van der Waals surface area (Å²) in [5, 5.41) is 16.9. The number of nitrogens with one attached hydrogen (secondary N) is 2. The lowest BCUT2D eigenvalue weighted by Crippen LogP contribution is -2.26. The van der Waals surface area contributed by atoms with Crippen LogP contribution in [0, 0.1) is 10.8 Å². The molecule has 0 aliphatic heterocycles. The molecule has 8 nitrogen and oxygen atoms in total. The zero-order valence-electron chi connectivity index (χ0n) is 16.1. The Labute approximate surface area is 179 Å². The summed E-state index contributed by atoms with van der Waals surface area (Å²) < 4.78 is 26.8. The van der Waals surface area contributed by atoms with Crippen molar-refractivity contribution in [3.63, 3.8) is 0 Å². The van der Waals surface area contributed by atoms with Crippen LogP contribution in [0.2, 0.25) is 5.02 Å². The molecule has 31 heavy (non-hydrogen) atoms. The van der Waals surface area contributed by atoms with Crippen LogP contribution in [-0.2, 0) is 0 Å². The van der Waals surface area contributed by atoms with Crippen LogP contribution in [0.3, 0.4) is 0 Å². The van der Waals surface area contributed by atoms with E-state index in [4.69, 9.17) is 22.4 Å². The van der Waals surface area contributed by atoms with Crippen LogP contribution in [0.1, 0.15) is 12.1 Å². The highest BCUT2D eigenvalue weighted by molar-refractivity contribution is 6.31. The lowest BCUT2D eigenvalue weighted by molar-refractivity contribution is 0.146. The summed E-state index contributed by atoms with van der Waals surface area (Å²) in [6.45, 7) is 0. The Morgan fingerprint density at radius 2 is 1.94 bits per heavy atom. The molecule has 11 heteroatoms. The maximum Gasteiger partial charge on any atom is 0.280 e. The van der Waals surface area contributed by atoms with E-state index in [2.05, 4.69) is 19.9 Å². The Bertz CT molecular complexity index is 1340. The summed E-state index contributed by atoms with van der Waals surface area (Å²) >= 11 is 6.11. The van der Waals surface area contributed by atoms with Crippen molar-refractivity contribution in [2.45, 2.75) is 6.43 Å². The second kappa shape index (κ2) is 8.15. The molecular formula is C20H15ClF2N8. The van der Waals surface area contributed by atoms with Crippen molar-refractivity contribution in [1.82, 2.24) is 24.5 Å². The first-order valence-electron chi connectivity index (χ1n) is 8.96. The van der Waals surface area contributed by atoms with E-state index in [9.17, 15) is 8.78 Å². The van der Waals surface area contributed by atoms with E-state index in [0.29, 0.717) is 38.8 Å². The molecule has 0 amide bonds. The van der Waals surface area contributed by atoms with Crippen molar-refractivity contribution >= 4 is 40.5 Å². The maximum absolute atomic E-state index is 12.8. The summed E-state index contributed by atoms with van der Waals surface area (Å²) in [5.41, 5.74) is 1.06. The molecule has 156 valence electrons. The van der Waals surface area contributed by atoms with E-state index in [1.165, 1.54) is 35.3 Å². The monoisotopic (exact) mass is 440 g/mol. The third kappa shape index (κ3) is 3.84. The molecule has 2 N–H and O–H groups in total. The molecule has 3 aromatic heterocycles. The molecule has 0 fully saturated rings. The summed E-state index contributed by atoms with van der Waals surface area (Å²) in [6, 6.07) is 7.85. The number of rotatable bonds is 5. The number of anilines is 2. The number of nitrogens with zero attached hydrogens (tertiary/aromatic N) is 6. The number of hydrogen-bond acceptors (Lipinski definition) is 7. The predicted octanol–water partition coefficient (Wildman–Crippen LogP) is 4.18. The van der Waals surface area contributed by atoms with Crippen molar-refractivity contribution in [3.8, 4) is 11.3 Å². The maximum atomic E-state index is 12.8. The van der Waals surface area contributed by atoms with E-state index in [0.717, 1.165) is 6.34 Å². The molecule has 0 atom stereocenters. The number of alkyl halides is 2. The predicted molar refractivity (Wildman–Crippen MR) is 113 cm³/mol. The third-order valence-electron chi connectivity index (χ3n) is 4.62. The lowest BCUT2D eigenvalue weighted by atomic mass is 10.2. The average molecular weight is 441 g/mol. The topological polar surface area (TPSA) is 107 Å². The fourth-order valence-corrected chi connectivity index (χ4v) is 3.23. The first-order valence-corrected chi connectivity index (χ1v) is 9.34. The summed E-state index contributed by atoms with van der Waals surface area (Å²) in [7, 11) is 1.72. The van der Waals surface area contributed by atoms with Gasteiger partial charge in [-0.3, -0.25) is 25.4 Å². The minimum atomic E-state index is -2.65. The molecule has 1 aromatic carbocycles. The summed E-state index contributed by atoms with van der Waals surface area (Å²) in [4.78, 5) is 18.5. The molecule has 0 bridgehead atoms. The molecule has 3 heterocycles. The number of pyridine rings is 1. The molecule has 0 saturated carbocycles. The summed E-state index contributed by atoms with van der Waals surface area (Å²) in [6.07, 6.45) is 2.70. The first-order chi connectivity index (χ1) is 14.9. The van der Waals surface area contributed by atoms with E-state index < -0.39 is 6.43 Å². The Kier molecular flexibility index (Phi) is 5.38. The van der Waals surface area contributed by atoms with Gasteiger partial charge >= 0.3 is 0 Å². The highest BCUT2D eigenvalue weighted by Gasteiger charge is 2.16. The van der Waals surface area contributed by atoms with Crippen molar-refractivity contribution < 1.29 is 8.78 Å². The number of hydrogen-bond donors (Lipinski definition) is 2. The molecule has 0 aliphatic carbocycles. The molecule has 4 aromatic rings. The number of fused-ring (bicyclic) bond motifs is 1. The van der Waals surface area contributed by atoms with E-state index in [1.807, 2.05) is 0 Å². The Morgan fingerprint density at radius 3 is 2.61 bits per heavy atom. The fourth-order valence-electron chi connectivity index (χ4n) is 3.06. The van der Waals surface area contributed by atoms with Crippen LogP contribution in [-0.4, -0.2) is 37.9 Å². The molecule has 0 aliphatic rings. The SMILES string of the molecule is CN(c1cncc(-c2ccc(C(F)F)nc2)n1)c1nc(=N)n(C=N)c2cc(Cl)ccc12. The Hall–Kier alpha value is -3.79. The van der Waals surface area contributed by atoms with E-state index in [-0.39, 0.29) is 11.3 Å². The smallest absolute Gasteiger partial charge is 0.280 e. The number of halogens is 3. The van der Waals surface area contributed by atoms with Gasteiger partial charge in [0.15, 0.2) is 5.82 Å². The standard InChI is InChI=1S/C20H15ClF2N8/c1-30(19-13-4-3-12(21)6-16(13)31(10-24)20(25)29-19)17-9-26-8-15(28-17)11-2-5-14(18(22)23)27-7-11/h2-10,18,24-25H,1H3. The van der Waals surface area contributed by atoms with Gasteiger partial charge < -0.3 is 4.90 Å². The molecule has 0 spiro atoms. The van der Waals surface area contributed by atoms with Crippen LogP contribution in [0.25, 0.3) is 22.2 Å². The van der Waals surface area contributed by atoms with Crippen LogP contribution in [0.5, 0.6) is 0 Å². The zero-order chi connectivity index (χ0) is 22.1. The van der Waals surface area contributed by atoms with Crippen LogP contribution in [0.4, 0.5) is 20.4 Å². The van der Waals surface area contributed by atoms with E-state index in [1.54, 1.807) is 30.1 Å². The quantitative estimate of drug-likeness (QED) is 0.357. The normalized spacial score (nSPS) is 11.1. The molecule has 0 radical (unpaired) electrons. The van der Waals surface area contributed by atoms with Crippen LogP contribution < -0.4 is 10.5 Å². The zero-order valence-corrected chi connectivity index (χ0v) is 16.8. The van der Waals surface area contributed by atoms with Crippen LogP contribution >= 0.6 is 11.6 Å². The fraction of sp³-hybridized carbons (Fsp3) is 0.100. The Balaban J connectivity index is 1.80. The second-order valence-corrected chi connectivity index (χ2v) is 6.95. The minimum Gasteiger partial charge on any atom is -0.312 e. The lowest BCUT2D eigenvalue weighted by Gasteiger charge is -2.20. The Morgan fingerprint density at radius 1 is 1.13 bits per heavy atom.